The van der Waals surface area contributed by atoms with Crippen LogP contribution >= 0.6 is 11.8 Å². The van der Waals surface area contributed by atoms with Crippen LogP contribution in [0.2, 0.25) is 0 Å². The summed E-state index contributed by atoms with van der Waals surface area (Å²) < 4.78 is 5.51. The third-order valence-corrected chi connectivity index (χ3v) is 3.12. The molecule has 1 aliphatic rings. The fourth-order valence-electron chi connectivity index (χ4n) is 1.49. The lowest BCUT2D eigenvalue weighted by atomic mass is 10.3. The third kappa shape index (κ3) is 1.69. The minimum Gasteiger partial charge on any atom is -0.437 e. The standard InChI is InChI=1S/C11H8N2O2S/c14-9-6-16-11(13-9)5-10-12-7-3-1-2-4-8(7)15-10/h1-5H,6H2,(H,13,14)/b11-5+. The van der Waals surface area contributed by atoms with Gasteiger partial charge in [0, 0.05) is 6.08 Å². The van der Waals surface area contributed by atoms with Crippen LogP contribution in [0, 0.1) is 0 Å². The van der Waals surface area contributed by atoms with Gasteiger partial charge >= 0.3 is 0 Å². The molecule has 1 N–H and O–H groups in total. The molecule has 1 aliphatic heterocycles. The van der Waals surface area contributed by atoms with E-state index in [-0.39, 0.29) is 5.91 Å². The molecule has 0 saturated carbocycles. The maximum atomic E-state index is 11.0. The molecule has 4 nitrogen and oxygen atoms in total. The van der Waals surface area contributed by atoms with E-state index in [0.29, 0.717) is 11.6 Å². The van der Waals surface area contributed by atoms with Gasteiger partial charge in [0.05, 0.1) is 10.8 Å². The van der Waals surface area contributed by atoms with E-state index in [1.54, 1.807) is 6.08 Å². The summed E-state index contributed by atoms with van der Waals surface area (Å²) in [5, 5.41) is 3.52. The van der Waals surface area contributed by atoms with E-state index in [4.69, 9.17) is 4.42 Å². The number of nitrogens with zero attached hydrogens (tertiary/aromatic N) is 1. The highest BCUT2D eigenvalue weighted by atomic mass is 32.2. The van der Waals surface area contributed by atoms with E-state index >= 15 is 0 Å². The zero-order chi connectivity index (χ0) is 11.0. The van der Waals surface area contributed by atoms with Crippen LogP contribution < -0.4 is 5.32 Å². The Hall–Kier alpha value is -1.75. The predicted octanol–water partition coefficient (Wildman–Crippen LogP) is 1.99. The van der Waals surface area contributed by atoms with Crippen molar-refractivity contribution >= 4 is 34.8 Å². The minimum atomic E-state index is 0.0207. The maximum absolute atomic E-state index is 11.0. The van der Waals surface area contributed by atoms with Crippen LogP contribution in [0.1, 0.15) is 5.89 Å². The molecular formula is C11H8N2O2S. The number of carbonyl (C=O) groups excluding carboxylic acids is 1. The molecule has 1 aromatic carbocycles. The van der Waals surface area contributed by atoms with E-state index in [9.17, 15) is 4.79 Å². The number of para-hydroxylation sites is 2. The first-order chi connectivity index (χ1) is 7.81. The van der Waals surface area contributed by atoms with Crippen LogP contribution in [0.25, 0.3) is 17.2 Å². The molecule has 0 radical (unpaired) electrons. The van der Waals surface area contributed by atoms with Crippen molar-refractivity contribution in [2.24, 2.45) is 0 Å². The number of hydrogen-bond acceptors (Lipinski definition) is 4. The van der Waals surface area contributed by atoms with Crippen molar-refractivity contribution in [3.05, 3.63) is 35.2 Å². The molecule has 1 amide bonds. The third-order valence-electron chi connectivity index (χ3n) is 2.19. The van der Waals surface area contributed by atoms with Gasteiger partial charge in [-0.1, -0.05) is 23.9 Å². The van der Waals surface area contributed by atoms with Crippen molar-refractivity contribution in [2.45, 2.75) is 0 Å². The second-order valence-corrected chi connectivity index (χ2v) is 4.38. The van der Waals surface area contributed by atoms with Gasteiger partial charge in [-0.2, -0.15) is 0 Å². The summed E-state index contributed by atoms with van der Waals surface area (Å²) in [5.74, 6) is 1.00. The van der Waals surface area contributed by atoms with Gasteiger partial charge in [-0.25, -0.2) is 4.98 Å². The van der Waals surface area contributed by atoms with Gasteiger partial charge in [-0.3, -0.25) is 4.79 Å². The molecule has 2 aromatic rings. The fourth-order valence-corrected chi connectivity index (χ4v) is 2.22. The lowest BCUT2D eigenvalue weighted by Gasteiger charge is -1.91. The molecule has 3 rings (SSSR count). The van der Waals surface area contributed by atoms with Gasteiger partial charge in [0.1, 0.15) is 5.52 Å². The summed E-state index contributed by atoms with van der Waals surface area (Å²) in [7, 11) is 0. The van der Waals surface area contributed by atoms with Crippen LogP contribution in [-0.4, -0.2) is 16.6 Å². The van der Waals surface area contributed by atoms with E-state index in [1.165, 1.54) is 11.8 Å². The summed E-state index contributed by atoms with van der Waals surface area (Å²) in [6.45, 7) is 0. The number of carbonyl (C=O) groups is 1. The summed E-state index contributed by atoms with van der Waals surface area (Å²) in [6.07, 6.45) is 1.75. The molecular weight excluding hydrogens is 224 g/mol. The molecule has 1 aromatic heterocycles. The molecule has 0 unspecified atom stereocenters. The molecule has 1 saturated heterocycles. The van der Waals surface area contributed by atoms with Gasteiger partial charge < -0.3 is 9.73 Å². The molecule has 0 aliphatic carbocycles. The summed E-state index contributed by atoms with van der Waals surface area (Å²) in [6, 6.07) is 7.57. The Labute approximate surface area is 95.7 Å². The van der Waals surface area contributed by atoms with E-state index < -0.39 is 0 Å². The zero-order valence-corrected chi connectivity index (χ0v) is 9.08. The van der Waals surface area contributed by atoms with Crippen molar-refractivity contribution in [2.75, 3.05) is 5.75 Å². The molecule has 5 heteroatoms. The van der Waals surface area contributed by atoms with Gasteiger partial charge in [-0.05, 0) is 12.1 Å². The first kappa shape index (κ1) is 9.47. The van der Waals surface area contributed by atoms with Gasteiger partial charge in [0.2, 0.25) is 11.8 Å². The molecule has 2 heterocycles. The van der Waals surface area contributed by atoms with Crippen LogP contribution in [0.4, 0.5) is 0 Å². The highest BCUT2D eigenvalue weighted by molar-refractivity contribution is 8.04. The predicted molar refractivity (Wildman–Crippen MR) is 62.6 cm³/mol. The zero-order valence-electron chi connectivity index (χ0n) is 8.27. The lowest BCUT2D eigenvalue weighted by Crippen LogP contribution is -2.13. The highest BCUT2D eigenvalue weighted by Crippen LogP contribution is 2.23. The van der Waals surface area contributed by atoms with Gasteiger partial charge in [-0.15, -0.1) is 0 Å². The SMILES string of the molecule is O=C1CS/C(=C/c2nc3ccccc3o2)N1. The Bertz CT molecular complexity index is 555. The molecule has 1 fully saturated rings. The largest absolute Gasteiger partial charge is 0.437 e. The maximum Gasteiger partial charge on any atom is 0.235 e. The van der Waals surface area contributed by atoms with Crippen LogP contribution in [0.15, 0.2) is 33.7 Å². The summed E-state index contributed by atoms with van der Waals surface area (Å²) in [4.78, 5) is 15.3. The number of rotatable bonds is 1. The summed E-state index contributed by atoms with van der Waals surface area (Å²) in [5.41, 5.74) is 1.58. The Morgan fingerprint density at radius 1 is 1.44 bits per heavy atom. The van der Waals surface area contributed by atoms with E-state index in [2.05, 4.69) is 10.3 Å². The average molecular weight is 232 g/mol. The second kappa shape index (κ2) is 3.68. The normalized spacial score (nSPS) is 18.2. The number of fused-ring (bicyclic) bond motifs is 1. The Balaban J connectivity index is 1.97. The van der Waals surface area contributed by atoms with Crippen molar-refractivity contribution < 1.29 is 9.21 Å². The molecule has 0 atom stereocenters. The smallest absolute Gasteiger partial charge is 0.235 e. The van der Waals surface area contributed by atoms with Crippen LogP contribution in [0.5, 0.6) is 0 Å². The van der Waals surface area contributed by atoms with Crippen LogP contribution in [0.3, 0.4) is 0 Å². The highest BCUT2D eigenvalue weighted by Gasteiger charge is 2.15. The van der Waals surface area contributed by atoms with Crippen molar-refractivity contribution in [1.82, 2.24) is 10.3 Å². The molecule has 80 valence electrons. The fraction of sp³-hybridized carbons (Fsp3) is 0.0909. The Kier molecular flexibility index (Phi) is 2.18. The monoisotopic (exact) mass is 232 g/mol. The number of amides is 1. The minimum absolute atomic E-state index is 0.0207. The molecule has 0 spiro atoms. The lowest BCUT2D eigenvalue weighted by molar-refractivity contribution is -0.117. The topological polar surface area (TPSA) is 55.1 Å². The van der Waals surface area contributed by atoms with Crippen molar-refractivity contribution in [3.63, 3.8) is 0 Å². The number of nitrogens with one attached hydrogen (secondary N) is 1. The quantitative estimate of drug-likeness (QED) is 0.817. The Morgan fingerprint density at radius 2 is 2.31 bits per heavy atom. The van der Waals surface area contributed by atoms with Crippen LogP contribution in [-0.2, 0) is 4.79 Å². The first-order valence-electron chi connectivity index (χ1n) is 4.81. The molecule has 0 bridgehead atoms. The second-order valence-electron chi connectivity index (χ2n) is 3.37. The number of thioether (sulfide) groups is 1. The van der Waals surface area contributed by atoms with E-state index in [1.807, 2.05) is 24.3 Å². The number of aromatic nitrogens is 1. The van der Waals surface area contributed by atoms with Gasteiger partial charge in [0.15, 0.2) is 5.58 Å². The van der Waals surface area contributed by atoms with Gasteiger partial charge in [0.25, 0.3) is 0 Å². The number of hydrogen-bond donors (Lipinski definition) is 1. The average Bonchev–Trinajstić information content (AvgIpc) is 2.84. The first-order valence-corrected chi connectivity index (χ1v) is 5.80. The molecule has 16 heavy (non-hydrogen) atoms. The number of oxazole rings is 1. The van der Waals surface area contributed by atoms with Crippen molar-refractivity contribution in [1.29, 1.82) is 0 Å². The number of benzene rings is 1. The summed E-state index contributed by atoms with van der Waals surface area (Å²) >= 11 is 1.46. The Morgan fingerprint density at radius 3 is 3.06 bits per heavy atom. The van der Waals surface area contributed by atoms with E-state index in [0.717, 1.165) is 16.1 Å². The van der Waals surface area contributed by atoms with Crippen molar-refractivity contribution in [3.8, 4) is 0 Å².